The number of aryl methyl sites for hydroxylation is 1. The lowest BCUT2D eigenvalue weighted by atomic mass is 10.1. The number of anilines is 3. The van der Waals surface area contributed by atoms with E-state index >= 15 is 0 Å². The number of nitrogens with zero attached hydrogens (tertiary/aromatic N) is 2. The molecule has 0 aliphatic carbocycles. The van der Waals surface area contributed by atoms with Crippen molar-refractivity contribution < 1.29 is 0 Å². The molecule has 0 saturated carbocycles. The van der Waals surface area contributed by atoms with E-state index in [-0.39, 0.29) is 5.15 Å². The number of aromatic nitrogens is 2. The average molecular weight is 249 g/mol. The van der Waals surface area contributed by atoms with Gasteiger partial charge < -0.3 is 11.1 Å². The summed E-state index contributed by atoms with van der Waals surface area (Å²) in [7, 11) is 0. The van der Waals surface area contributed by atoms with Crippen molar-refractivity contribution in [2.75, 3.05) is 11.1 Å². The fraction of sp³-hybridized carbons (Fsp3) is 0.167. The van der Waals surface area contributed by atoms with Crippen LogP contribution in [0.25, 0.3) is 0 Å². The summed E-state index contributed by atoms with van der Waals surface area (Å²) in [5.41, 5.74) is 8.32. The molecule has 2 aromatic rings. The van der Waals surface area contributed by atoms with Gasteiger partial charge in [-0.15, -0.1) is 0 Å². The molecule has 0 radical (unpaired) electrons. The van der Waals surface area contributed by atoms with Crippen molar-refractivity contribution in [3.8, 4) is 0 Å². The first-order chi connectivity index (χ1) is 8.20. The zero-order valence-corrected chi connectivity index (χ0v) is 10.2. The van der Waals surface area contributed by atoms with E-state index in [1.807, 2.05) is 12.1 Å². The van der Waals surface area contributed by atoms with E-state index in [0.717, 1.165) is 12.1 Å². The van der Waals surface area contributed by atoms with E-state index in [1.165, 1.54) is 11.9 Å². The Labute approximate surface area is 105 Å². The smallest absolute Gasteiger partial charge is 0.158 e. The van der Waals surface area contributed by atoms with Gasteiger partial charge in [-0.1, -0.05) is 30.7 Å². The molecule has 88 valence electrons. The van der Waals surface area contributed by atoms with Crippen LogP contribution >= 0.6 is 11.6 Å². The molecule has 2 rings (SSSR count). The highest BCUT2D eigenvalue weighted by Crippen LogP contribution is 2.25. The molecule has 0 bridgehead atoms. The summed E-state index contributed by atoms with van der Waals surface area (Å²) < 4.78 is 0. The molecule has 0 atom stereocenters. The lowest BCUT2D eigenvalue weighted by Crippen LogP contribution is -2.01. The first-order valence-corrected chi connectivity index (χ1v) is 5.70. The van der Waals surface area contributed by atoms with Crippen molar-refractivity contribution in [1.29, 1.82) is 0 Å². The van der Waals surface area contributed by atoms with Crippen LogP contribution in [0.15, 0.2) is 30.6 Å². The molecule has 0 saturated heterocycles. The van der Waals surface area contributed by atoms with Crippen LogP contribution in [0, 0.1) is 0 Å². The highest BCUT2D eigenvalue weighted by atomic mass is 35.5. The van der Waals surface area contributed by atoms with Crippen molar-refractivity contribution in [2.24, 2.45) is 0 Å². The molecule has 0 spiro atoms. The van der Waals surface area contributed by atoms with Gasteiger partial charge in [0.25, 0.3) is 0 Å². The van der Waals surface area contributed by atoms with E-state index in [1.54, 1.807) is 0 Å². The standard InChI is InChI=1S/C12H13ClN4/c1-2-8-3-5-9(6-4-8)17-12-10(14)11(13)15-7-16-12/h3-7H,2,14H2,1H3,(H,15,16,17). The quantitative estimate of drug-likeness (QED) is 0.820. The second-order valence-corrected chi connectivity index (χ2v) is 3.96. The number of hydrogen-bond acceptors (Lipinski definition) is 4. The molecule has 0 aliphatic rings. The molecule has 3 N–H and O–H groups in total. The van der Waals surface area contributed by atoms with Gasteiger partial charge in [0.2, 0.25) is 0 Å². The normalized spacial score (nSPS) is 10.2. The largest absolute Gasteiger partial charge is 0.393 e. The molecule has 5 heteroatoms. The molecule has 0 fully saturated rings. The van der Waals surface area contributed by atoms with Gasteiger partial charge in [-0.05, 0) is 24.1 Å². The summed E-state index contributed by atoms with van der Waals surface area (Å²) in [6.07, 6.45) is 2.39. The first-order valence-electron chi connectivity index (χ1n) is 5.32. The van der Waals surface area contributed by atoms with Crippen molar-refractivity contribution in [2.45, 2.75) is 13.3 Å². The van der Waals surface area contributed by atoms with Crippen molar-refractivity contribution in [3.63, 3.8) is 0 Å². The number of nitrogens with two attached hydrogens (primary N) is 1. The monoisotopic (exact) mass is 248 g/mol. The molecule has 1 aromatic heterocycles. The highest BCUT2D eigenvalue weighted by molar-refractivity contribution is 6.32. The van der Waals surface area contributed by atoms with Crippen LogP contribution in [0.5, 0.6) is 0 Å². The van der Waals surface area contributed by atoms with Crippen molar-refractivity contribution in [1.82, 2.24) is 9.97 Å². The van der Waals surface area contributed by atoms with Gasteiger partial charge in [0, 0.05) is 5.69 Å². The fourth-order valence-electron chi connectivity index (χ4n) is 1.43. The Balaban J connectivity index is 2.22. The van der Waals surface area contributed by atoms with Gasteiger partial charge in [0.1, 0.15) is 12.0 Å². The van der Waals surface area contributed by atoms with Gasteiger partial charge in [0.05, 0.1) is 0 Å². The predicted octanol–water partition coefficient (Wildman–Crippen LogP) is 3.02. The minimum absolute atomic E-state index is 0.257. The number of benzene rings is 1. The van der Waals surface area contributed by atoms with E-state index < -0.39 is 0 Å². The molecular formula is C12H13ClN4. The third-order valence-electron chi connectivity index (χ3n) is 2.46. The summed E-state index contributed by atoms with van der Waals surface area (Å²) in [5.74, 6) is 0.522. The Morgan fingerprint density at radius 2 is 1.94 bits per heavy atom. The number of nitrogen functional groups attached to an aromatic ring is 1. The minimum atomic E-state index is 0.257. The topological polar surface area (TPSA) is 63.8 Å². The maximum absolute atomic E-state index is 5.81. The van der Waals surface area contributed by atoms with Crippen molar-refractivity contribution >= 4 is 28.8 Å². The molecular weight excluding hydrogens is 236 g/mol. The lowest BCUT2D eigenvalue weighted by Gasteiger charge is -2.08. The van der Waals surface area contributed by atoms with Gasteiger partial charge in [-0.25, -0.2) is 9.97 Å². The van der Waals surface area contributed by atoms with Crippen LogP contribution in [0.2, 0.25) is 5.15 Å². The number of hydrogen-bond donors (Lipinski definition) is 2. The Hall–Kier alpha value is -1.81. The summed E-state index contributed by atoms with van der Waals surface area (Å²) in [5, 5.41) is 3.36. The number of rotatable bonds is 3. The van der Waals surface area contributed by atoms with E-state index in [2.05, 4.69) is 34.3 Å². The molecule has 0 amide bonds. The van der Waals surface area contributed by atoms with Crippen LogP contribution in [-0.4, -0.2) is 9.97 Å². The summed E-state index contributed by atoms with van der Waals surface area (Å²) in [6, 6.07) is 8.07. The minimum Gasteiger partial charge on any atom is -0.393 e. The maximum atomic E-state index is 5.81. The molecule has 17 heavy (non-hydrogen) atoms. The van der Waals surface area contributed by atoms with Gasteiger partial charge in [-0.3, -0.25) is 0 Å². The summed E-state index contributed by atoms with van der Waals surface area (Å²) in [4.78, 5) is 7.84. The van der Waals surface area contributed by atoms with Crippen LogP contribution in [0.4, 0.5) is 17.2 Å². The van der Waals surface area contributed by atoms with Crippen molar-refractivity contribution in [3.05, 3.63) is 41.3 Å². The summed E-state index contributed by atoms with van der Waals surface area (Å²) >= 11 is 5.81. The Morgan fingerprint density at radius 3 is 2.59 bits per heavy atom. The first kappa shape index (κ1) is 11.7. The van der Waals surface area contributed by atoms with Crippen LogP contribution in [0.1, 0.15) is 12.5 Å². The van der Waals surface area contributed by atoms with Crippen LogP contribution < -0.4 is 11.1 Å². The maximum Gasteiger partial charge on any atom is 0.158 e. The van der Waals surface area contributed by atoms with Gasteiger partial charge in [0.15, 0.2) is 11.0 Å². The van der Waals surface area contributed by atoms with E-state index in [4.69, 9.17) is 17.3 Å². The second kappa shape index (κ2) is 5.01. The van der Waals surface area contributed by atoms with E-state index in [9.17, 15) is 0 Å². The lowest BCUT2D eigenvalue weighted by molar-refractivity contribution is 1.14. The Morgan fingerprint density at radius 1 is 1.24 bits per heavy atom. The molecule has 0 unspecified atom stereocenters. The zero-order valence-electron chi connectivity index (χ0n) is 9.44. The molecule has 1 heterocycles. The third kappa shape index (κ3) is 2.65. The van der Waals surface area contributed by atoms with Gasteiger partial charge in [-0.2, -0.15) is 0 Å². The fourth-order valence-corrected chi connectivity index (χ4v) is 1.57. The zero-order chi connectivity index (χ0) is 12.3. The SMILES string of the molecule is CCc1ccc(Nc2ncnc(Cl)c2N)cc1. The molecule has 1 aromatic carbocycles. The van der Waals surface area contributed by atoms with Crippen LogP contribution in [-0.2, 0) is 6.42 Å². The summed E-state index contributed by atoms with van der Waals surface area (Å²) in [6.45, 7) is 2.12. The van der Waals surface area contributed by atoms with E-state index in [0.29, 0.717) is 11.5 Å². The highest BCUT2D eigenvalue weighted by Gasteiger charge is 2.05. The Kier molecular flexibility index (Phi) is 3.44. The molecule has 0 aliphatic heterocycles. The number of nitrogens with one attached hydrogen (secondary N) is 1. The van der Waals surface area contributed by atoms with Gasteiger partial charge >= 0.3 is 0 Å². The second-order valence-electron chi connectivity index (χ2n) is 3.60. The molecule has 4 nitrogen and oxygen atoms in total. The predicted molar refractivity (Wildman–Crippen MR) is 70.6 cm³/mol. The third-order valence-corrected chi connectivity index (χ3v) is 2.76. The number of halogens is 1. The average Bonchev–Trinajstić information content (AvgIpc) is 2.36. The van der Waals surface area contributed by atoms with Crippen LogP contribution in [0.3, 0.4) is 0 Å². The Bertz CT molecular complexity index is 510.